The van der Waals surface area contributed by atoms with E-state index in [1.54, 1.807) is 14.2 Å². The molecule has 0 saturated carbocycles. The van der Waals surface area contributed by atoms with Crippen molar-refractivity contribution in [3.63, 3.8) is 0 Å². The minimum atomic E-state index is -4.42. The standard InChI is InChI=1S/C19H25F3N4O2S.HI/c1-4-28-15-10-13(7-8-14(15)27-3)6-5-9-24-18(23-2)25-11-17-26-16(12-29-17)19(20,21)22;/h7-8,10,12H,4-6,9,11H2,1-3H3,(H2,23,24,25);1H. The van der Waals surface area contributed by atoms with Crippen molar-refractivity contribution in [2.24, 2.45) is 4.99 Å². The monoisotopic (exact) mass is 558 g/mol. The summed E-state index contributed by atoms with van der Waals surface area (Å²) in [5.74, 6) is 1.94. The quantitative estimate of drug-likeness (QED) is 0.206. The van der Waals surface area contributed by atoms with Gasteiger partial charge < -0.3 is 20.1 Å². The first-order chi connectivity index (χ1) is 13.9. The molecule has 0 spiro atoms. The van der Waals surface area contributed by atoms with Gasteiger partial charge in [-0.3, -0.25) is 4.99 Å². The maximum Gasteiger partial charge on any atom is 0.434 e. The van der Waals surface area contributed by atoms with Crippen LogP contribution in [0.5, 0.6) is 11.5 Å². The van der Waals surface area contributed by atoms with Crippen LogP contribution in [-0.2, 0) is 19.1 Å². The van der Waals surface area contributed by atoms with E-state index in [1.807, 2.05) is 25.1 Å². The number of methoxy groups -OCH3 is 1. The Kier molecular flexibility index (Phi) is 11.2. The van der Waals surface area contributed by atoms with Crippen LogP contribution < -0.4 is 20.1 Å². The van der Waals surface area contributed by atoms with Gasteiger partial charge in [0.15, 0.2) is 23.2 Å². The first-order valence-electron chi connectivity index (χ1n) is 9.13. The molecule has 0 amide bonds. The van der Waals surface area contributed by atoms with Crippen molar-refractivity contribution in [1.29, 1.82) is 0 Å². The number of guanidine groups is 1. The Morgan fingerprint density at radius 2 is 2.00 bits per heavy atom. The first-order valence-corrected chi connectivity index (χ1v) is 10.0. The lowest BCUT2D eigenvalue weighted by atomic mass is 10.1. The third-order valence-corrected chi connectivity index (χ3v) is 4.78. The van der Waals surface area contributed by atoms with Crippen LogP contribution in [0.2, 0.25) is 0 Å². The van der Waals surface area contributed by atoms with E-state index in [2.05, 4.69) is 20.6 Å². The van der Waals surface area contributed by atoms with Gasteiger partial charge in [0, 0.05) is 19.0 Å². The molecule has 2 aromatic rings. The van der Waals surface area contributed by atoms with Crippen LogP contribution in [0.4, 0.5) is 13.2 Å². The zero-order chi connectivity index (χ0) is 21.3. The van der Waals surface area contributed by atoms with Crippen LogP contribution in [0.25, 0.3) is 0 Å². The number of nitrogens with zero attached hydrogens (tertiary/aromatic N) is 2. The Morgan fingerprint density at radius 1 is 1.23 bits per heavy atom. The molecule has 0 bridgehead atoms. The number of benzene rings is 1. The minimum absolute atomic E-state index is 0. The third kappa shape index (κ3) is 8.17. The SMILES string of the molecule is CCOc1cc(CCCNC(=NC)NCc2nc(C(F)(F)F)cs2)ccc1OC.I. The third-order valence-electron chi connectivity index (χ3n) is 3.94. The van der Waals surface area contributed by atoms with Crippen LogP contribution in [0.15, 0.2) is 28.6 Å². The van der Waals surface area contributed by atoms with Crippen molar-refractivity contribution in [1.82, 2.24) is 15.6 Å². The van der Waals surface area contributed by atoms with Crippen LogP contribution in [0, 0.1) is 0 Å². The van der Waals surface area contributed by atoms with Crippen LogP contribution in [0.3, 0.4) is 0 Å². The Bertz CT molecular complexity index is 815. The van der Waals surface area contributed by atoms with Crippen molar-refractivity contribution in [2.75, 3.05) is 27.3 Å². The second kappa shape index (κ2) is 12.8. The number of hydrogen-bond acceptors (Lipinski definition) is 5. The van der Waals surface area contributed by atoms with Gasteiger partial charge in [0.25, 0.3) is 0 Å². The van der Waals surface area contributed by atoms with Crippen molar-refractivity contribution >= 4 is 41.3 Å². The number of aryl methyl sites for hydroxylation is 1. The molecule has 1 heterocycles. The number of thiazole rings is 1. The molecule has 0 aliphatic carbocycles. The second-order valence-electron chi connectivity index (χ2n) is 6.00. The van der Waals surface area contributed by atoms with E-state index in [0.717, 1.165) is 40.9 Å². The first kappa shape index (κ1) is 26.3. The van der Waals surface area contributed by atoms with E-state index in [0.29, 0.717) is 29.9 Å². The number of aromatic nitrogens is 1. The number of hydrogen-bond donors (Lipinski definition) is 2. The molecule has 30 heavy (non-hydrogen) atoms. The van der Waals surface area contributed by atoms with Crippen LogP contribution in [0.1, 0.15) is 29.6 Å². The van der Waals surface area contributed by atoms with Gasteiger partial charge in [-0.25, -0.2) is 4.98 Å². The highest BCUT2D eigenvalue weighted by molar-refractivity contribution is 14.0. The normalized spacial score (nSPS) is 11.6. The predicted octanol–water partition coefficient (Wildman–Crippen LogP) is 4.49. The molecular formula is C19H26F3IN4O2S. The summed E-state index contributed by atoms with van der Waals surface area (Å²) in [6.45, 7) is 3.31. The molecule has 6 nitrogen and oxygen atoms in total. The van der Waals surface area contributed by atoms with Crippen LogP contribution in [-0.4, -0.2) is 38.3 Å². The van der Waals surface area contributed by atoms with Crippen molar-refractivity contribution < 1.29 is 22.6 Å². The maximum atomic E-state index is 12.6. The van der Waals surface area contributed by atoms with E-state index < -0.39 is 11.9 Å². The maximum absolute atomic E-state index is 12.6. The Hall–Kier alpha value is -1.76. The highest BCUT2D eigenvalue weighted by Gasteiger charge is 2.33. The average Bonchev–Trinajstić information content (AvgIpc) is 3.17. The number of nitrogens with one attached hydrogen (secondary N) is 2. The molecule has 0 aliphatic rings. The molecule has 0 fully saturated rings. The molecule has 0 saturated heterocycles. The summed E-state index contributed by atoms with van der Waals surface area (Å²) in [5.41, 5.74) is 0.259. The van der Waals surface area contributed by atoms with Crippen LogP contribution >= 0.6 is 35.3 Å². The second-order valence-corrected chi connectivity index (χ2v) is 6.94. The van der Waals surface area contributed by atoms with Crippen molar-refractivity contribution in [3.8, 4) is 11.5 Å². The average molecular weight is 558 g/mol. The Morgan fingerprint density at radius 3 is 2.60 bits per heavy atom. The van der Waals surface area contributed by atoms with Gasteiger partial charge >= 0.3 is 6.18 Å². The van der Waals surface area contributed by atoms with Gasteiger partial charge in [-0.2, -0.15) is 13.2 Å². The molecule has 0 aliphatic heterocycles. The summed E-state index contributed by atoms with van der Waals surface area (Å²) >= 11 is 0.964. The number of halogens is 4. The molecule has 0 radical (unpaired) electrons. The van der Waals surface area contributed by atoms with E-state index in [1.165, 1.54) is 0 Å². The van der Waals surface area contributed by atoms with Gasteiger partial charge in [0.1, 0.15) is 5.01 Å². The fourth-order valence-electron chi connectivity index (χ4n) is 2.55. The molecular weight excluding hydrogens is 532 g/mol. The fraction of sp³-hybridized carbons (Fsp3) is 0.474. The summed E-state index contributed by atoms with van der Waals surface area (Å²) in [5, 5.41) is 7.48. The number of alkyl halides is 3. The zero-order valence-corrected chi connectivity index (χ0v) is 20.2. The molecule has 1 aromatic heterocycles. The Balaban J connectivity index is 0.00000450. The molecule has 1 aromatic carbocycles. The molecule has 11 heteroatoms. The topological polar surface area (TPSA) is 67.8 Å². The van der Waals surface area contributed by atoms with E-state index in [4.69, 9.17) is 9.47 Å². The van der Waals surface area contributed by atoms with E-state index >= 15 is 0 Å². The number of rotatable bonds is 9. The molecule has 2 rings (SSSR count). The Labute approximate surface area is 195 Å². The summed E-state index contributed by atoms with van der Waals surface area (Å²) in [6, 6.07) is 5.85. The van der Waals surface area contributed by atoms with Crippen molar-refractivity contribution in [3.05, 3.63) is 39.8 Å². The van der Waals surface area contributed by atoms with Gasteiger partial charge in [0.2, 0.25) is 0 Å². The molecule has 2 N–H and O–H groups in total. The lowest BCUT2D eigenvalue weighted by Gasteiger charge is -2.12. The van der Waals surface area contributed by atoms with Crippen molar-refractivity contribution in [2.45, 2.75) is 32.5 Å². The fourth-order valence-corrected chi connectivity index (χ4v) is 3.29. The van der Waals surface area contributed by atoms with Gasteiger partial charge in [-0.15, -0.1) is 35.3 Å². The summed E-state index contributed by atoms with van der Waals surface area (Å²) in [7, 11) is 3.21. The lowest BCUT2D eigenvalue weighted by Crippen LogP contribution is -2.37. The molecule has 0 unspecified atom stereocenters. The van der Waals surface area contributed by atoms with E-state index in [-0.39, 0.29) is 30.5 Å². The highest BCUT2D eigenvalue weighted by Crippen LogP contribution is 2.30. The molecule has 0 atom stereocenters. The summed E-state index contributed by atoms with van der Waals surface area (Å²) in [6.07, 6.45) is -2.75. The lowest BCUT2D eigenvalue weighted by molar-refractivity contribution is -0.140. The summed E-state index contributed by atoms with van der Waals surface area (Å²) in [4.78, 5) is 7.66. The summed E-state index contributed by atoms with van der Waals surface area (Å²) < 4.78 is 48.6. The molecule has 168 valence electrons. The highest BCUT2D eigenvalue weighted by atomic mass is 127. The smallest absolute Gasteiger partial charge is 0.434 e. The predicted molar refractivity (Wildman–Crippen MR) is 123 cm³/mol. The number of aliphatic imine (C=N–C) groups is 1. The minimum Gasteiger partial charge on any atom is -0.493 e. The zero-order valence-electron chi connectivity index (χ0n) is 17.0. The van der Waals surface area contributed by atoms with E-state index in [9.17, 15) is 13.2 Å². The number of ether oxygens (including phenoxy) is 2. The largest absolute Gasteiger partial charge is 0.493 e. The van der Waals surface area contributed by atoms with Gasteiger partial charge in [-0.05, 0) is 37.5 Å². The van der Waals surface area contributed by atoms with Gasteiger partial charge in [0.05, 0.1) is 20.3 Å². The van der Waals surface area contributed by atoms with Gasteiger partial charge in [-0.1, -0.05) is 6.07 Å².